The molecule has 0 unspecified atom stereocenters. The van der Waals surface area contributed by atoms with Crippen LogP contribution in [0, 0.1) is 5.92 Å². The summed E-state index contributed by atoms with van der Waals surface area (Å²) in [6.07, 6.45) is 3.13. The Morgan fingerprint density at radius 3 is 2.85 bits per heavy atom. The van der Waals surface area contributed by atoms with Crippen LogP contribution < -0.4 is 10.1 Å². The van der Waals surface area contributed by atoms with Crippen molar-refractivity contribution in [2.75, 3.05) is 13.7 Å². The van der Waals surface area contributed by atoms with Crippen molar-refractivity contribution in [2.24, 2.45) is 5.92 Å². The van der Waals surface area contributed by atoms with Gasteiger partial charge in [-0.1, -0.05) is 36.4 Å². The molecule has 0 spiro atoms. The van der Waals surface area contributed by atoms with E-state index in [1.165, 1.54) is 12.7 Å². The standard InChI is InChI=1S/C22H26N2O3/c1-27-21-12-15(9-10-20(21)25)14-23-22(26)17-13-19(16-6-3-2-4-7-16)24-11-5-8-18(17)24/h2-4,6-7,9-10,12,17-19,25H,5,8,11,13-14H2,1H3,(H,23,26)/t17-,18+,19-/m1/s1. The summed E-state index contributed by atoms with van der Waals surface area (Å²) in [6, 6.07) is 16.4. The number of hydrogen-bond acceptors (Lipinski definition) is 4. The van der Waals surface area contributed by atoms with Crippen molar-refractivity contribution in [2.45, 2.75) is 37.9 Å². The van der Waals surface area contributed by atoms with Crippen molar-refractivity contribution in [3.63, 3.8) is 0 Å². The first-order chi connectivity index (χ1) is 13.2. The number of phenols is 1. The number of benzene rings is 2. The van der Waals surface area contributed by atoms with Crippen molar-refractivity contribution < 1.29 is 14.6 Å². The van der Waals surface area contributed by atoms with Crippen LogP contribution in [0.1, 0.15) is 36.4 Å². The minimum atomic E-state index is 0.0247. The number of nitrogens with one attached hydrogen (secondary N) is 1. The van der Waals surface area contributed by atoms with E-state index in [4.69, 9.17) is 4.74 Å². The summed E-state index contributed by atoms with van der Waals surface area (Å²) in [5.74, 6) is 0.679. The lowest BCUT2D eigenvalue weighted by Gasteiger charge is -2.24. The highest BCUT2D eigenvalue weighted by Crippen LogP contribution is 2.44. The van der Waals surface area contributed by atoms with Gasteiger partial charge in [-0.25, -0.2) is 0 Å². The molecule has 0 radical (unpaired) electrons. The van der Waals surface area contributed by atoms with Crippen molar-refractivity contribution in [3.05, 3.63) is 59.7 Å². The molecule has 0 saturated carbocycles. The third-order valence-corrected chi connectivity index (χ3v) is 5.92. The first-order valence-electron chi connectivity index (χ1n) is 9.61. The van der Waals surface area contributed by atoms with E-state index in [2.05, 4.69) is 34.5 Å². The fourth-order valence-corrected chi connectivity index (χ4v) is 4.60. The van der Waals surface area contributed by atoms with Gasteiger partial charge in [-0.2, -0.15) is 0 Å². The highest BCUT2D eigenvalue weighted by molar-refractivity contribution is 5.80. The molecular formula is C22H26N2O3. The molecule has 2 heterocycles. The van der Waals surface area contributed by atoms with Crippen LogP contribution in [0.3, 0.4) is 0 Å². The number of aromatic hydroxyl groups is 1. The number of amides is 1. The Balaban J connectivity index is 1.44. The zero-order chi connectivity index (χ0) is 18.8. The molecule has 2 N–H and O–H groups in total. The second kappa shape index (κ2) is 7.61. The van der Waals surface area contributed by atoms with Crippen molar-refractivity contribution in [1.29, 1.82) is 0 Å². The number of ether oxygens (including phenoxy) is 1. The number of rotatable bonds is 5. The molecule has 0 bridgehead atoms. The summed E-state index contributed by atoms with van der Waals surface area (Å²) in [7, 11) is 1.52. The number of carbonyl (C=O) groups is 1. The van der Waals surface area contributed by atoms with E-state index in [-0.39, 0.29) is 17.6 Å². The van der Waals surface area contributed by atoms with E-state index >= 15 is 0 Å². The molecule has 3 atom stereocenters. The quantitative estimate of drug-likeness (QED) is 0.853. The zero-order valence-corrected chi connectivity index (χ0v) is 15.6. The van der Waals surface area contributed by atoms with E-state index in [0.29, 0.717) is 24.4 Å². The Morgan fingerprint density at radius 2 is 2.07 bits per heavy atom. The van der Waals surface area contributed by atoms with E-state index in [1.807, 2.05) is 6.07 Å². The molecule has 2 fully saturated rings. The summed E-state index contributed by atoms with van der Waals surface area (Å²) in [6.45, 7) is 1.51. The van der Waals surface area contributed by atoms with Crippen molar-refractivity contribution in [3.8, 4) is 11.5 Å². The first kappa shape index (κ1) is 17.9. The van der Waals surface area contributed by atoms with Gasteiger partial charge in [0.05, 0.1) is 13.0 Å². The lowest BCUT2D eigenvalue weighted by Crippen LogP contribution is -2.37. The van der Waals surface area contributed by atoms with Gasteiger partial charge >= 0.3 is 0 Å². The first-order valence-corrected chi connectivity index (χ1v) is 9.61. The summed E-state index contributed by atoms with van der Waals surface area (Å²) < 4.78 is 5.14. The Labute approximate surface area is 160 Å². The van der Waals surface area contributed by atoms with E-state index in [9.17, 15) is 9.90 Å². The molecule has 27 heavy (non-hydrogen) atoms. The van der Waals surface area contributed by atoms with E-state index in [0.717, 1.165) is 31.4 Å². The van der Waals surface area contributed by atoms with Crippen LogP contribution in [0.4, 0.5) is 0 Å². The molecule has 5 heteroatoms. The minimum Gasteiger partial charge on any atom is -0.504 e. The number of phenolic OH excluding ortho intramolecular Hbond substituents is 1. The predicted octanol–water partition coefficient (Wildman–Crippen LogP) is 3.24. The Hall–Kier alpha value is -2.53. The van der Waals surface area contributed by atoms with Gasteiger partial charge < -0.3 is 15.2 Å². The number of nitrogens with zero attached hydrogens (tertiary/aromatic N) is 1. The summed E-state index contributed by atoms with van der Waals surface area (Å²) in [5.41, 5.74) is 2.22. The maximum absolute atomic E-state index is 12.9. The molecule has 2 saturated heterocycles. The van der Waals surface area contributed by atoms with Crippen LogP contribution in [0.15, 0.2) is 48.5 Å². The minimum absolute atomic E-state index is 0.0247. The van der Waals surface area contributed by atoms with Crippen LogP contribution >= 0.6 is 0 Å². The summed E-state index contributed by atoms with van der Waals surface area (Å²) >= 11 is 0. The maximum atomic E-state index is 12.9. The van der Waals surface area contributed by atoms with Crippen LogP contribution in [0.25, 0.3) is 0 Å². The average Bonchev–Trinajstić information content (AvgIpc) is 3.30. The third-order valence-electron chi connectivity index (χ3n) is 5.92. The van der Waals surface area contributed by atoms with Gasteiger partial charge in [-0.3, -0.25) is 9.69 Å². The van der Waals surface area contributed by atoms with Gasteiger partial charge in [-0.15, -0.1) is 0 Å². The van der Waals surface area contributed by atoms with Crippen LogP contribution in [-0.4, -0.2) is 35.6 Å². The third kappa shape index (κ3) is 3.52. The average molecular weight is 366 g/mol. The molecule has 0 aromatic heterocycles. The smallest absolute Gasteiger partial charge is 0.225 e. The molecule has 2 aliphatic heterocycles. The molecule has 142 valence electrons. The summed E-state index contributed by atoms with van der Waals surface area (Å²) in [4.78, 5) is 15.5. The van der Waals surface area contributed by atoms with Gasteiger partial charge in [-0.05, 0) is 49.1 Å². The topological polar surface area (TPSA) is 61.8 Å². The molecule has 0 aliphatic carbocycles. The van der Waals surface area contributed by atoms with Gasteiger partial charge in [0.15, 0.2) is 11.5 Å². The van der Waals surface area contributed by atoms with Gasteiger partial charge in [0.2, 0.25) is 5.91 Å². The Morgan fingerprint density at radius 1 is 1.26 bits per heavy atom. The SMILES string of the molecule is COc1cc(CNC(=O)[C@@H]2C[C@H](c3ccccc3)N3CCC[C@@H]23)ccc1O. The second-order valence-corrected chi connectivity index (χ2v) is 7.44. The Kier molecular flexibility index (Phi) is 5.03. The van der Waals surface area contributed by atoms with Gasteiger partial charge in [0.1, 0.15) is 0 Å². The van der Waals surface area contributed by atoms with Crippen LogP contribution in [0.5, 0.6) is 11.5 Å². The molecule has 1 amide bonds. The fraction of sp³-hybridized carbons (Fsp3) is 0.409. The molecule has 2 aliphatic rings. The molecule has 2 aromatic rings. The number of fused-ring (bicyclic) bond motifs is 1. The number of carbonyl (C=O) groups excluding carboxylic acids is 1. The molecular weight excluding hydrogens is 340 g/mol. The second-order valence-electron chi connectivity index (χ2n) is 7.44. The van der Waals surface area contributed by atoms with Crippen molar-refractivity contribution in [1.82, 2.24) is 10.2 Å². The molecule has 5 nitrogen and oxygen atoms in total. The lowest BCUT2D eigenvalue weighted by atomic mass is 9.93. The van der Waals surface area contributed by atoms with Crippen LogP contribution in [0.2, 0.25) is 0 Å². The highest BCUT2D eigenvalue weighted by Gasteiger charge is 2.46. The van der Waals surface area contributed by atoms with Crippen LogP contribution in [-0.2, 0) is 11.3 Å². The monoisotopic (exact) mass is 366 g/mol. The normalized spacial score (nSPS) is 24.6. The lowest BCUT2D eigenvalue weighted by molar-refractivity contribution is -0.125. The van der Waals surface area contributed by atoms with Crippen molar-refractivity contribution >= 4 is 5.91 Å². The Bertz CT molecular complexity index is 808. The zero-order valence-electron chi connectivity index (χ0n) is 15.6. The van der Waals surface area contributed by atoms with Gasteiger partial charge in [0.25, 0.3) is 0 Å². The molecule has 2 aromatic carbocycles. The fourth-order valence-electron chi connectivity index (χ4n) is 4.60. The highest BCUT2D eigenvalue weighted by atomic mass is 16.5. The summed E-state index contributed by atoms with van der Waals surface area (Å²) in [5, 5.41) is 12.8. The maximum Gasteiger partial charge on any atom is 0.225 e. The molecule has 4 rings (SSSR count). The van der Waals surface area contributed by atoms with E-state index < -0.39 is 0 Å². The predicted molar refractivity (Wildman–Crippen MR) is 104 cm³/mol. The van der Waals surface area contributed by atoms with E-state index in [1.54, 1.807) is 18.2 Å². The number of hydrogen-bond donors (Lipinski definition) is 2. The number of methoxy groups -OCH3 is 1. The van der Waals surface area contributed by atoms with Gasteiger partial charge in [0, 0.05) is 18.6 Å². The largest absolute Gasteiger partial charge is 0.504 e.